The smallest absolute Gasteiger partial charge is 0.263 e. The first kappa shape index (κ1) is 20.0. The van der Waals surface area contributed by atoms with Crippen LogP contribution in [0.5, 0.6) is 11.5 Å². The molecular formula is C21H19NO4S2. The van der Waals surface area contributed by atoms with Gasteiger partial charge in [-0.3, -0.25) is 9.59 Å². The number of methoxy groups -OCH3 is 2. The number of carbonyl (C=O) groups is 2. The fourth-order valence-electron chi connectivity index (χ4n) is 2.59. The van der Waals surface area contributed by atoms with Crippen LogP contribution in [0.2, 0.25) is 0 Å². The Morgan fingerprint density at radius 2 is 1.71 bits per heavy atom. The van der Waals surface area contributed by atoms with Crippen LogP contribution in [-0.2, 0) is 0 Å². The molecule has 0 spiro atoms. The van der Waals surface area contributed by atoms with Crippen LogP contribution in [0, 0.1) is 0 Å². The molecule has 2 aromatic carbocycles. The number of ketones is 1. The predicted octanol–water partition coefficient (Wildman–Crippen LogP) is 4.99. The van der Waals surface area contributed by atoms with Gasteiger partial charge in [0.25, 0.3) is 5.91 Å². The van der Waals surface area contributed by atoms with Crippen molar-refractivity contribution in [2.75, 3.05) is 25.3 Å². The summed E-state index contributed by atoms with van der Waals surface area (Å²) >= 11 is 2.87. The minimum atomic E-state index is -0.328. The molecular weight excluding hydrogens is 394 g/mol. The van der Waals surface area contributed by atoms with Crippen LogP contribution in [0.25, 0.3) is 0 Å². The topological polar surface area (TPSA) is 64.6 Å². The molecule has 3 rings (SSSR count). The van der Waals surface area contributed by atoms with E-state index in [4.69, 9.17) is 9.47 Å². The number of amides is 1. The Labute approximate surface area is 171 Å². The van der Waals surface area contributed by atoms with E-state index in [9.17, 15) is 9.59 Å². The van der Waals surface area contributed by atoms with Crippen LogP contribution < -0.4 is 14.8 Å². The number of ether oxygens (including phenoxy) is 2. The highest BCUT2D eigenvalue weighted by atomic mass is 32.2. The van der Waals surface area contributed by atoms with Crippen LogP contribution in [-0.4, -0.2) is 31.7 Å². The lowest BCUT2D eigenvalue weighted by atomic mass is 10.1. The van der Waals surface area contributed by atoms with Crippen molar-refractivity contribution in [1.29, 1.82) is 0 Å². The largest absolute Gasteiger partial charge is 0.496 e. The molecule has 0 saturated heterocycles. The van der Waals surface area contributed by atoms with E-state index in [1.165, 1.54) is 37.3 Å². The standard InChI is InChI=1S/C21H19NO4S2/c1-25-17-8-4-9-18(26-2)20(17)21(24)22-14-6-3-7-15(12-14)28-13-16(23)19-10-5-11-27-19/h3-12H,13H2,1-2H3,(H,22,24). The van der Waals surface area contributed by atoms with Crippen molar-refractivity contribution >= 4 is 40.5 Å². The van der Waals surface area contributed by atoms with Crippen LogP contribution in [0.3, 0.4) is 0 Å². The van der Waals surface area contributed by atoms with Gasteiger partial charge >= 0.3 is 0 Å². The molecule has 0 fully saturated rings. The molecule has 1 aromatic heterocycles. The normalized spacial score (nSPS) is 10.4. The first-order valence-electron chi connectivity index (χ1n) is 8.44. The quantitative estimate of drug-likeness (QED) is 0.416. The van der Waals surface area contributed by atoms with E-state index in [0.717, 1.165) is 9.77 Å². The average Bonchev–Trinajstić information content (AvgIpc) is 3.26. The highest BCUT2D eigenvalue weighted by molar-refractivity contribution is 8.00. The van der Waals surface area contributed by atoms with Crippen molar-refractivity contribution in [2.45, 2.75) is 4.90 Å². The minimum Gasteiger partial charge on any atom is -0.496 e. The van der Waals surface area contributed by atoms with Gasteiger partial charge < -0.3 is 14.8 Å². The molecule has 0 saturated carbocycles. The third-order valence-electron chi connectivity index (χ3n) is 3.91. The lowest BCUT2D eigenvalue weighted by Crippen LogP contribution is -2.14. The number of nitrogens with one attached hydrogen (secondary N) is 1. The maximum absolute atomic E-state index is 12.8. The average molecular weight is 414 g/mol. The van der Waals surface area contributed by atoms with Gasteiger partial charge in [-0.2, -0.15) is 0 Å². The molecule has 0 unspecified atom stereocenters. The number of anilines is 1. The van der Waals surface area contributed by atoms with Crippen LogP contribution in [0.4, 0.5) is 5.69 Å². The Hall–Kier alpha value is -2.77. The molecule has 0 aliphatic carbocycles. The third kappa shape index (κ3) is 4.74. The second kappa shape index (κ2) is 9.43. The fourth-order valence-corrected chi connectivity index (χ4v) is 4.18. The number of rotatable bonds is 8. The number of Topliss-reactive ketones (excluding diaryl/α,β-unsaturated/α-hetero) is 1. The molecule has 1 N–H and O–H groups in total. The van der Waals surface area contributed by atoms with E-state index in [2.05, 4.69) is 5.32 Å². The maximum Gasteiger partial charge on any atom is 0.263 e. The molecule has 1 heterocycles. The lowest BCUT2D eigenvalue weighted by molar-refractivity contribution is 0.101. The van der Waals surface area contributed by atoms with Gasteiger partial charge in [0.05, 0.1) is 24.8 Å². The molecule has 0 aliphatic heterocycles. The molecule has 0 bridgehead atoms. The molecule has 0 aliphatic rings. The number of hydrogen-bond acceptors (Lipinski definition) is 6. The Kier molecular flexibility index (Phi) is 6.73. The summed E-state index contributed by atoms with van der Waals surface area (Å²) in [6, 6.07) is 16.3. The maximum atomic E-state index is 12.8. The van der Waals surface area contributed by atoms with Crippen molar-refractivity contribution in [2.24, 2.45) is 0 Å². The highest BCUT2D eigenvalue weighted by Crippen LogP contribution is 2.30. The summed E-state index contributed by atoms with van der Waals surface area (Å²) in [5.74, 6) is 0.977. The summed E-state index contributed by atoms with van der Waals surface area (Å²) in [5, 5.41) is 4.76. The van der Waals surface area contributed by atoms with Crippen LogP contribution in [0.1, 0.15) is 20.0 Å². The number of carbonyl (C=O) groups excluding carboxylic acids is 2. The zero-order chi connectivity index (χ0) is 19.9. The lowest BCUT2D eigenvalue weighted by Gasteiger charge is -2.13. The van der Waals surface area contributed by atoms with Crippen molar-refractivity contribution in [3.05, 3.63) is 70.4 Å². The summed E-state index contributed by atoms with van der Waals surface area (Å²) in [5.41, 5.74) is 0.963. The third-order valence-corrected chi connectivity index (χ3v) is 5.82. The first-order valence-corrected chi connectivity index (χ1v) is 10.3. The van der Waals surface area contributed by atoms with Gasteiger partial charge in [-0.05, 0) is 41.8 Å². The van der Waals surface area contributed by atoms with Crippen molar-refractivity contribution in [3.8, 4) is 11.5 Å². The van der Waals surface area contributed by atoms with E-state index >= 15 is 0 Å². The monoisotopic (exact) mass is 413 g/mol. The molecule has 5 nitrogen and oxygen atoms in total. The van der Waals surface area contributed by atoms with E-state index in [-0.39, 0.29) is 11.7 Å². The van der Waals surface area contributed by atoms with E-state index in [1.54, 1.807) is 24.3 Å². The molecule has 3 aromatic rings. The Balaban J connectivity index is 1.71. The molecule has 7 heteroatoms. The van der Waals surface area contributed by atoms with Crippen molar-refractivity contribution in [1.82, 2.24) is 0 Å². The highest BCUT2D eigenvalue weighted by Gasteiger charge is 2.18. The summed E-state index contributed by atoms with van der Waals surface area (Å²) in [6.07, 6.45) is 0. The Bertz CT molecular complexity index is 948. The number of thiophene rings is 1. The first-order chi connectivity index (χ1) is 13.6. The molecule has 1 amide bonds. The van der Waals surface area contributed by atoms with Crippen LogP contribution in [0.15, 0.2) is 64.9 Å². The van der Waals surface area contributed by atoms with Gasteiger partial charge in [-0.1, -0.05) is 18.2 Å². The molecule has 28 heavy (non-hydrogen) atoms. The van der Waals surface area contributed by atoms with E-state index < -0.39 is 0 Å². The minimum absolute atomic E-state index is 0.0909. The van der Waals surface area contributed by atoms with Gasteiger partial charge in [-0.15, -0.1) is 23.1 Å². The van der Waals surface area contributed by atoms with Crippen molar-refractivity contribution < 1.29 is 19.1 Å². The second-order valence-corrected chi connectivity index (χ2v) is 7.71. The van der Waals surface area contributed by atoms with Crippen molar-refractivity contribution in [3.63, 3.8) is 0 Å². The predicted molar refractivity (Wildman–Crippen MR) is 113 cm³/mol. The number of thioether (sulfide) groups is 1. The van der Waals surface area contributed by atoms with E-state index in [1.807, 2.05) is 35.7 Å². The van der Waals surface area contributed by atoms with E-state index in [0.29, 0.717) is 28.5 Å². The fraction of sp³-hybridized carbons (Fsp3) is 0.143. The van der Waals surface area contributed by atoms with Gasteiger partial charge in [-0.25, -0.2) is 0 Å². The summed E-state index contributed by atoms with van der Waals surface area (Å²) < 4.78 is 10.6. The zero-order valence-electron chi connectivity index (χ0n) is 15.4. The second-order valence-electron chi connectivity index (χ2n) is 5.71. The van der Waals surface area contributed by atoms with Gasteiger partial charge in [0.15, 0.2) is 5.78 Å². The molecule has 0 radical (unpaired) electrons. The molecule has 144 valence electrons. The summed E-state index contributed by atoms with van der Waals surface area (Å²) in [7, 11) is 3.01. The van der Waals surface area contributed by atoms with Crippen LogP contribution >= 0.6 is 23.1 Å². The number of benzene rings is 2. The Morgan fingerprint density at radius 1 is 1.00 bits per heavy atom. The Morgan fingerprint density at radius 3 is 2.36 bits per heavy atom. The SMILES string of the molecule is COc1cccc(OC)c1C(=O)Nc1cccc(SCC(=O)c2cccs2)c1. The summed E-state index contributed by atoms with van der Waals surface area (Å²) in [6.45, 7) is 0. The van der Waals surface area contributed by atoms with Gasteiger partial charge in [0.2, 0.25) is 0 Å². The van der Waals surface area contributed by atoms with Gasteiger partial charge in [0, 0.05) is 10.6 Å². The summed E-state index contributed by atoms with van der Waals surface area (Å²) in [4.78, 5) is 26.6. The number of hydrogen-bond donors (Lipinski definition) is 1. The van der Waals surface area contributed by atoms with Gasteiger partial charge in [0.1, 0.15) is 17.1 Å². The molecule has 0 atom stereocenters. The zero-order valence-corrected chi connectivity index (χ0v) is 17.1.